The summed E-state index contributed by atoms with van der Waals surface area (Å²) < 4.78 is 56.9. The summed E-state index contributed by atoms with van der Waals surface area (Å²) in [4.78, 5) is 42.0. The number of hydrogen-bond donors (Lipinski definition) is 2. The highest BCUT2D eigenvalue weighted by Crippen LogP contribution is 2.38. The van der Waals surface area contributed by atoms with Crippen LogP contribution in [0.2, 0.25) is 0 Å². The van der Waals surface area contributed by atoms with E-state index in [2.05, 4.69) is 46.2 Å². The van der Waals surface area contributed by atoms with Gasteiger partial charge in [0.25, 0.3) is 0 Å². The number of nitrogens with one attached hydrogen (secondary N) is 2. The molecule has 2 heterocycles. The van der Waals surface area contributed by atoms with Crippen LogP contribution in [0.3, 0.4) is 0 Å². The minimum Gasteiger partial charge on any atom is -0.434 e. The number of anilines is 3. The van der Waals surface area contributed by atoms with Gasteiger partial charge in [-0.1, -0.05) is 19.1 Å². The first-order chi connectivity index (χ1) is 22.4. The van der Waals surface area contributed by atoms with E-state index in [1.165, 1.54) is 17.7 Å². The molecule has 3 aromatic rings. The summed E-state index contributed by atoms with van der Waals surface area (Å²) >= 11 is 0. The molecule has 1 aliphatic heterocycles. The zero-order valence-electron chi connectivity index (χ0n) is 27.0. The van der Waals surface area contributed by atoms with Crippen molar-refractivity contribution in [1.82, 2.24) is 10.3 Å². The van der Waals surface area contributed by atoms with Gasteiger partial charge in [-0.3, -0.25) is 10.3 Å². The molecule has 9 nitrogen and oxygen atoms in total. The van der Waals surface area contributed by atoms with Crippen molar-refractivity contribution in [3.8, 4) is 12.8 Å². The molecule has 13 heteroatoms. The molecule has 0 bridgehead atoms. The number of carbonyl (C=O) groups excluding carboxylic acids is 4. The maximum Gasteiger partial charge on any atom is 0.427 e. The molecular weight excluding hydrogens is 620 g/mol. The van der Waals surface area contributed by atoms with Crippen molar-refractivity contribution in [2.75, 3.05) is 30.4 Å². The number of aromatic nitrogens is 1. The van der Waals surface area contributed by atoms with Crippen molar-refractivity contribution in [2.45, 2.75) is 45.4 Å². The summed E-state index contributed by atoms with van der Waals surface area (Å²) in [5.41, 5.74) is 1.58. The fourth-order valence-electron chi connectivity index (χ4n) is 4.13. The Morgan fingerprint density at radius 2 is 1.62 bits per heavy atom. The van der Waals surface area contributed by atoms with E-state index in [0.717, 1.165) is 50.2 Å². The van der Waals surface area contributed by atoms with Crippen molar-refractivity contribution < 1.29 is 41.5 Å². The molecule has 4 rings (SSSR count). The predicted molar refractivity (Wildman–Crippen MR) is 176 cm³/mol. The Bertz CT molecular complexity index is 1320. The third-order valence-electron chi connectivity index (χ3n) is 6.36. The molecule has 0 fully saturated rings. The molecule has 1 aliphatic rings. The Balaban J connectivity index is 0. The van der Waals surface area contributed by atoms with E-state index in [1.54, 1.807) is 30.5 Å². The van der Waals surface area contributed by atoms with E-state index in [9.17, 15) is 22.4 Å². The number of carbonyl (C=O) groups is 4. The molecule has 2 N–H and O–H groups in total. The lowest BCUT2D eigenvalue weighted by Crippen LogP contribution is -2.44. The average molecular weight is 663 g/mol. The van der Waals surface area contributed by atoms with Gasteiger partial charge in [0.1, 0.15) is 26.2 Å². The third-order valence-corrected chi connectivity index (χ3v) is 6.36. The van der Waals surface area contributed by atoms with Crippen LogP contribution in [-0.4, -0.2) is 63.4 Å². The van der Waals surface area contributed by atoms with Gasteiger partial charge in [-0.05, 0) is 99.8 Å². The second-order valence-corrected chi connectivity index (χ2v) is 9.80. The highest BCUT2D eigenvalue weighted by molar-refractivity contribution is 5.86. The molecule has 2 aromatic carbocycles. The monoisotopic (exact) mass is 662 g/mol. The maximum absolute atomic E-state index is 13.4. The summed E-state index contributed by atoms with van der Waals surface area (Å²) in [6.07, 6.45) is 7.66. The SMILES string of the molecule is C#C.C=O.C=O.C=O.CCc1cccnc1.CNC[C@@H]1Cc2ccc(NC(=O)OC(C)(C)C(F)(F)F)cc2N(c2ccc(F)cc2)C1. The molecule has 0 unspecified atom stereocenters. The minimum absolute atomic E-state index is 0.305. The lowest BCUT2D eigenvalue weighted by molar-refractivity contribution is -0.242. The van der Waals surface area contributed by atoms with Gasteiger partial charge in [0.05, 0.1) is 0 Å². The Kier molecular flexibility index (Phi) is 21.8. The number of benzene rings is 2. The van der Waals surface area contributed by atoms with Gasteiger partial charge in [0.15, 0.2) is 0 Å². The summed E-state index contributed by atoms with van der Waals surface area (Å²) in [6, 6.07) is 15.3. The van der Waals surface area contributed by atoms with E-state index in [-0.39, 0.29) is 5.82 Å². The maximum atomic E-state index is 13.4. The topological polar surface area (TPSA) is 118 Å². The molecule has 1 atom stereocenters. The van der Waals surface area contributed by atoms with Crippen LogP contribution in [0.4, 0.5) is 39.4 Å². The van der Waals surface area contributed by atoms with E-state index in [0.29, 0.717) is 18.2 Å². The Morgan fingerprint density at radius 1 is 1.02 bits per heavy atom. The molecule has 0 saturated carbocycles. The zero-order chi connectivity index (χ0) is 36.6. The van der Waals surface area contributed by atoms with E-state index in [4.69, 9.17) is 14.4 Å². The number of terminal acetylenes is 1. The molecule has 0 aliphatic carbocycles. The third kappa shape index (κ3) is 14.7. The Hall–Kier alpha value is -5.09. The number of rotatable bonds is 6. The molecule has 0 spiro atoms. The zero-order valence-corrected chi connectivity index (χ0v) is 27.0. The van der Waals surface area contributed by atoms with Crippen molar-refractivity contribution in [3.63, 3.8) is 0 Å². The second kappa shape index (κ2) is 23.3. The number of hydrogen-bond acceptors (Lipinski definition) is 8. The lowest BCUT2D eigenvalue weighted by atomic mass is 9.91. The van der Waals surface area contributed by atoms with Crippen molar-refractivity contribution in [1.29, 1.82) is 0 Å². The number of pyridine rings is 1. The molecule has 0 saturated heterocycles. The second-order valence-electron chi connectivity index (χ2n) is 9.80. The van der Waals surface area contributed by atoms with Crippen molar-refractivity contribution in [2.24, 2.45) is 5.92 Å². The van der Waals surface area contributed by atoms with Crippen LogP contribution in [0.5, 0.6) is 0 Å². The van der Waals surface area contributed by atoms with Crippen LogP contribution in [0, 0.1) is 24.6 Å². The Labute approximate surface area is 273 Å². The predicted octanol–water partition coefficient (Wildman–Crippen LogP) is 6.58. The van der Waals surface area contributed by atoms with Gasteiger partial charge in [0.2, 0.25) is 5.60 Å². The van der Waals surface area contributed by atoms with Gasteiger partial charge < -0.3 is 29.3 Å². The fourth-order valence-corrected chi connectivity index (χ4v) is 4.13. The lowest BCUT2D eigenvalue weighted by Gasteiger charge is -2.36. The van der Waals surface area contributed by atoms with Crippen LogP contribution in [-0.2, 0) is 32.0 Å². The highest BCUT2D eigenvalue weighted by Gasteiger charge is 2.51. The molecule has 256 valence electrons. The Morgan fingerprint density at radius 3 is 2.09 bits per heavy atom. The van der Waals surface area contributed by atoms with E-state index < -0.39 is 17.9 Å². The molecule has 47 heavy (non-hydrogen) atoms. The number of halogens is 4. The molecule has 1 amide bonds. The first-order valence-electron chi connectivity index (χ1n) is 13.9. The number of alkyl halides is 3. The van der Waals surface area contributed by atoms with Gasteiger partial charge in [-0.25, -0.2) is 9.18 Å². The standard InChI is InChI=1S/C22H25F4N3O2.C7H9N.C2H2.3CH2O/c1-21(2,22(24,25)26)31-20(30)28-17-7-4-15-10-14(12-27-3)13-29(19(15)11-17)18-8-5-16(23)6-9-18;1-2-7-4-3-5-8-6-7;4*1-2/h4-9,11,14,27H,10,12-13H2,1-3H3,(H,28,30);3-6H,2H2,1H3;1-2H;3*1H2/t14-;;;;;/m0...../s1. The van der Waals surface area contributed by atoms with Gasteiger partial charge in [-0.2, -0.15) is 13.2 Å². The molecule has 1 aromatic heterocycles. The van der Waals surface area contributed by atoms with Crippen LogP contribution in [0.1, 0.15) is 31.9 Å². The first kappa shape index (κ1) is 44.0. The number of nitrogens with zero attached hydrogens (tertiary/aromatic N) is 2. The highest BCUT2D eigenvalue weighted by atomic mass is 19.4. The van der Waals surface area contributed by atoms with E-state index in [1.807, 2.05) is 50.6 Å². The number of aryl methyl sites for hydroxylation is 1. The summed E-state index contributed by atoms with van der Waals surface area (Å²) in [5, 5.41) is 5.55. The van der Waals surface area contributed by atoms with Gasteiger partial charge >= 0.3 is 12.3 Å². The summed E-state index contributed by atoms with van der Waals surface area (Å²) in [6.45, 7) is 11.1. The minimum atomic E-state index is -4.69. The largest absolute Gasteiger partial charge is 0.434 e. The first-order valence-corrected chi connectivity index (χ1v) is 13.9. The van der Waals surface area contributed by atoms with Crippen molar-refractivity contribution >= 4 is 43.5 Å². The van der Waals surface area contributed by atoms with Gasteiger partial charge in [0, 0.05) is 36.0 Å². The quantitative estimate of drug-likeness (QED) is 0.225. The van der Waals surface area contributed by atoms with Crippen LogP contribution < -0.4 is 15.5 Å². The number of fused-ring (bicyclic) bond motifs is 1. The van der Waals surface area contributed by atoms with Crippen LogP contribution >= 0.6 is 0 Å². The van der Waals surface area contributed by atoms with Crippen LogP contribution in [0.15, 0.2) is 67.0 Å². The van der Waals surface area contributed by atoms with Crippen molar-refractivity contribution in [3.05, 3.63) is 83.9 Å². The fraction of sp³-hybridized carbons (Fsp3) is 0.324. The number of amides is 1. The van der Waals surface area contributed by atoms with Crippen LogP contribution in [0.25, 0.3) is 0 Å². The summed E-state index contributed by atoms with van der Waals surface area (Å²) in [7, 11) is 1.87. The molecule has 0 radical (unpaired) electrons. The summed E-state index contributed by atoms with van der Waals surface area (Å²) in [5.74, 6) is -0.0443. The number of ether oxygens (including phenoxy) is 1. The smallest absolute Gasteiger partial charge is 0.427 e. The van der Waals surface area contributed by atoms with E-state index >= 15 is 0 Å². The normalized spacial score (nSPS) is 12.8. The molecular formula is C34H42F4N4O5. The van der Waals surface area contributed by atoms with Gasteiger partial charge in [-0.15, -0.1) is 12.8 Å². The average Bonchev–Trinajstić information content (AvgIpc) is 3.08.